The van der Waals surface area contributed by atoms with Crippen LogP contribution < -0.4 is 10.1 Å². The van der Waals surface area contributed by atoms with Crippen LogP contribution in [-0.4, -0.2) is 30.4 Å². The summed E-state index contributed by atoms with van der Waals surface area (Å²) in [5.74, 6) is -0.797. The number of ether oxygens (including phenoxy) is 2. The minimum atomic E-state index is -1.04. The normalized spacial score (nSPS) is 11.0. The molecule has 0 aliphatic carbocycles. The van der Waals surface area contributed by atoms with E-state index < -0.39 is 18.0 Å². The number of Topliss-reactive ketones (excluding diaryl/α,β-unsaturated/α-hetero) is 1. The van der Waals surface area contributed by atoms with Crippen molar-refractivity contribution in [3.63, 3.8) is 0 Å². The monoisotopic (exact) mass is 380 g/mol. The van der Waals surface area contributed by atoms with Crippen molar-refractivity contribution >= 4 is 23.3 Å². The third-order valence-corrected chi connectivity index (χ3v) is 3.79. The predicted octanol–water partition coefficient (Wildman–Crippen LogP) is 3.10. The van der Waals surface area contributed by atoms with Gasteiger partial charge in [-0.15, -0.1) is 0 Å². The van der Waals surface area contributed by atoms with Crippen molar-refractivity contribution in [2.24, 2.45) is 0 Å². The first-order valence-corrected chi connectivity index (χ1v) is 8.69. The third-order valence-electron chi connectivity index (χ3n) is 3.79. The number of nitrogens with one attached hydrogen (secondary N) is 1. The van der Waals surface area contributed by atoms with Crippen molar-refractivity contribution in [1.82, 2.24) is 0 Å². The predicted molar refractivity (Wildman–Crippen MR) is 102 cm³/mol. The molecule has 0 aliphatic rings. The molecule has 1 N–H and O–H groups in total. The summed E-state index contributed by atoms with van der Waals surface area (Å²) in [5.41, 5.74) is 1.41. The Bertz CT molecular complexity index is 900. The molecule has 0 saturated carbocycles. The molecular formula is C21H20N2O5. The molecule has 0 fully saturated rings. The van der Waals surface area contributed by atoms with E-state index in [1.165, 1.54) is 13.0 Å². The summed E-state index contributed by atoms with van der Waals surface area (Å²) < 4.78 is 10.4. The minimum absolute atomic E-state index is 0.0195. The molecule has 1 atom stereocenters. The number of benzene rings is 2. The van der Waals surface area contributed by atoms with Gasteiger partial charge in [0, 0.05) is 17.7 Å². The molecule has 0 heterocycles. The number of nitrogens with zero attached hydrogens (tertiary/aromatic N) is 1. The van der Waals surface area contributed by atoms with Crippen LogP contribution in [0.2, 0.25) is 0 Å². The van der Waals surface area contributed by atoms with Gasteiger partial charge in [-0.3, -0.25) is 9.59 Å². The first-order chi connectivity index (χ1) is 13.4. The molecule has 2 rings (SSSR count). The number of anilines is 1. The highest BCUT2D eigenvalue weighted by Crippen LogP contribution is 2.14. The van der Waals surface area contributed by atoms with E-state index in [1.54, 1.807) is 49.4 Å². The highest BCUT2D eigenvalue weighted by Gasteiger charge is 2.18. The smallest absolute Gasteiger partial charge is 0.344 e. The average molecular weight is 380 g/mol. The number of ketones is 1. The Morgan fingerprint density at radius 2 is 1.86 bits per heavy atom. The van der Waals surface area contributed by atoms with Gasteiger partial charge in [0.1, 0.15) is 5.75 Å². The van der Waals surface area contributed by atoms with Gasteiger partial charge < -0.3 is 14.8 Å². The summed E-state index contributed by atoms with van der Waals surface area (Å²) in [4.78, 5) is 35.6. The topological polar surface area (TPSA) is 105 Å². The highest BCUT2D eigenvalue weighted by molar-refractivity contribution is 5.96. The molecule has 0 aliphatic heterocycles. The van der Waals surface area contributed by atoms with Gasteiger partial charge in [-0.25, -0.2) is 4.79 Å². The van der Waals surface area contributed by atoms with Crippen molar-refractivity contribution in [2.75, 3.05) is 11.9 Å². The van der Waals surface area contributed by atoms with E-state index in [0.717, 1.165) is 0 Å². The largest absolute Gasteiger partial charge is 0.482 e. The summed E-state index contributed by atoms with van der Waals surface area (Å²) in [6, 6.07) is 14.8. The molecular weight excluding hydrogens is 360 g/mol. The van der Waals surface area contributed by atoms with Gasteiger partial charge in [0.25, 0.3) is 5.91 Å². The van der Waals surface area contributed by atoms with Crippen molar-refractivity contribution in [1.29, 1.82) is 5.26 Å². The maximum absolute atomic E-state index is 12.1. The molecule has 1 amide bonds. The maximum atomic E-state index is 12.1. The van der Waals surface area contributed by atoms with E-state index in [-0.39, 0.29) is 12.4 Å². The van der Waals surface area contributed by atoms with Gasteiger partial charge in [-0.1, -0.05) is 13.0 Å². The first kappa shape index (κ1) is 20.6. The number of rotatable bonds is 8. The Morgan fingerprint density at radius 1 is 1.14 bits per heavy atom. The molecule has 0 radical (unpaired) electrons. The molecule has 28 heavy (non-hydrogen) atoms. The van der Waals surface area contributed by atoms with Gasteiger partial charge in [-0.05, 0) is 49.4 Å². The van der Waals surface area contributed by atoms with Crippen LogP contribution in [0.5, 0.6) is 5.75 Å². The lowest BCUT2D eigenvalue weighted by Gasteiger charge is -2.14. The lowest BCUT2D eigenvalue weighted by atomic mass is 10.1. The molecule has 7 heteroatoms. The zero-order valence-corrected chi connectivity index (χ0v) is 15.6. The van der Waals surface area contributed by atoms with Crippen molar-refractivity contribution in [3.8, 4) is 11.8 Å². The van der Waals surface area contributed by atoms with Gasteiger partial charge >= 0.3 is 5.97 Å². The second-order valence-corrected chi connectivity index (χ2v) is 5.90. The van der Waals surface area contributed by atoms with E-state index in [2.05, 4.69) is 5.32 Å². The zero-order chi connectivity index (χ0) is 20.5. The fourth-order valence-electron chi connectivity index (χ4n) is 2.28. The number of carbonyl (C=O) groups is 3. The van der Waals surface area contributed by atoms with Crippen LogP contribution >= 0.6 is 0 Å². The first-order valence-electron chi connectivity index (χ1n) is 8.69. The minimum Gasteiger partial charge on any atom is -0.482 e. The Kier molecular flexibility index (Phi) is 7.28. The quantitative estimate of drug-likeness (QED) is 0.557. The Hall–Kier alpha value is -3.66. The molecule has 7 nitrogen and oxygen atoms in total. The van der Waals surface area contributed by atoms with Crippen LogP contribution in [0.4, 0.5) is 5.69 Å². The number of carbonyl (C=O) groups excluding carboxylic acids is 3. The second kappa shape index (κ2) is 9.88. The summed E-state index contributed by atoms with van der Waals surface area (Å²) in [6.45, 7) is 2.84. The van der Waals surface area contributed by atoms with E-state index in [1.807, 2.05) is 6.07 Å². The number of esters is 1. The molecule has 0 aromatic heterocycles. The maximum Gasteiger partial charge on any atom is 0.344 e. The third kappa shape index (κ3) is 5.95. The van der Waals surface area contributed by atoms with E-state index in [9.17, 15) is 14.4 Å². The lowest BCUT2D eigenvalue weighted by molar-refractivity contribution is -0.155. The molecule has 2 aromatic carbocycles. The fourth-order valence-corrected chi connectivity index (χ4v) is 2.28. The summed E-state index contributed by atoms with van der Waals surface area (Å²) in [7, 11) is 0. The Balaban J connectivity index is 1.82. The van der Waals surface area contributed by atoms with Crippen LogP contribution in [0.3, 0.4) is 0 Å². The average Bonchev–Trinajstić information content (AvgIpc) is 2.72. The molecule has 0 spiro atoms. The van der Waals surface area contributed by atoms with Gasteiger partial charge in [0.05, 0.1) is 11.6 Å². The SMILES string of the molecule is CCC(=O)c1ccc(OCC(=O)OC(C)C(=O)Nc2cccc(C#N)c2)cc1. The van der Waals surface area contributed by atoms with Crippen molar-refractivity contribution < 1.29 is 23.9 Å². The summed E-state index contributed by atoms with van der Waals surface area (Å²) in [6.07, 6.45) is -0.626. The van der Waals surface area contributed by atoms with E-state index >= 15 is 0 Å². The second-order valence-electron chi connectivity index (χ2n) is 5.90. The van der Waals surface area contributed by atoms with Gasteiger partial charge in [0.2, 0.25) is 0 Å². The van der Waals surface area contributed by atoms with Crippen molar-refractivity contribution in [3.05, 3.63) is 59.7 Å². The van der Waals surface area contributed by atoms with E-state index in [4.69, 9.17) is 14.7 Å². The standard InChI is InChI=1S/C21H20N2O5/c1-3-19(24)16-7-9-18(10-8-16)27-13-20(25)28-14(2)21(26)23-17-6-4-5-15(11-17)12-22/h4-11,14H,3,13H2,1-2H3,(H,23,26). The lowest BCUT2D eigenvalue weighted by Crippen LogP contribution is -2.31. The molecule has 144 valence electrons. The Labute approximate surface area is 162 Å². The molecule has 2 aromatic rings. The van der Waals surface area contributed by atoms with Gasteiger partial charge in [-0.2, -0.15) is 5.26 Å². The number of hydrogen-bond acceptors (Lipinski definition) is 6. The van der Waals surface area contributed by atoms with Crippen LogP contribution in [0.25, 0.3) is 0 Å². The van der Waals surface area contributed by atoms with E-state index in [0.29, 0.717) is 29.0 Å². The van der Waals surface area contributed by atoms with Crippen LogP contribution in [0.15, 0.2) is 48.5 Å². The van der Waals surface area contributed by atoms with Gasteiger partial charge in [0.15, 0.2) is 18.5 Å². The highest BCUT2D eigenvalue weighted by atomic mass is 16.6. The zero-order valence-electron chi connectivity index (χ0n) is 15.6. The molecule has 0 saturated heterocycles. The van der Waals surface area contributed by atoms with Crippen LogP contribution in [0, 0.1) is 11.3 Å². The fraction of sp³-hybridized carbons (Fsp3) is 0.238. The summed E-state index contributed by atoms with van der Waals surface area (Å²) >= 11 is 0. The van der Waals surface area contributed by atoms with Crippen LogP contribution in [-0.2, 0) is 14.3 Å². The number of nitriles is 1. The number of amides is 1. The Morgan fingerprint density at radius 3 is 2.50 bits per heavy atom. The van der Waals surface area contributed by atoms with Crippen LogP contribution in [0.1, 0.15) is 36.2 Å². The van der Waals surface area contributed by atoms with Crippen molar-refractivity contribution in [2.45, 2.75) is 26.4 Å². The molecule has 0 bridgehead atoms. The summed E-state index contributed by atoms with van der Waals surface area (Å²) in [5, 5.41) is 11.4. The number of hydrogen-bond donors (Lipinski definition) is 1. The molecule has 1 unspecified atom stereocenters.